The minimum atomic E-state index is -1.21. The quantitative estimate of drug-likeness (QED) is 0.922. The first kappa shape index (κ1) is 13.5. The fourth-order valence-electron chi connectivity index (χ4n) is 1.65. The number of carboxylic acids is 1. The van der Waals surface area contributed by atoms with Gasteiger partial charge in [0.25, 0.3) is 0 Å². The van der Waals surface area contributed by atoms with E-state index in [9.17, 15) is 9.90 Å². The molecule has 6 nitrogen and oxygen atoms in total. The predicted molar refractivity (Wildman–Crippen MR) is 69.0 cm³/mol. The van der Waals surface area contributed by atoms with Crippen molar-refractivity contribution < 1.29 is 9.90 Å². The summed E-state index contributed by atoms with van der Waals surface area (Å²) in [5.41, 5.74) is -0.360. The molecule has 0 spiro atoms. The molecular weight excluding hydrogens is 268 g/mol. The molecule has 0 saturated carbocycles. The summed E-state index contributed by atoms with van der Waals surface area (Å²) >= 11 is 6.08. The number of rotatable bonds is 4. The van der Waals surface area contributed by atoms with Gasteiger partial charge in [-0.25, -0.2) is 9.48 Å². The maximum atomic E-state index is 11.2. The summed E-state index contributed by atoms with van der Waals surface area (Å²) in [6.07, 6.45) is 0.378. The molecule has 19 heavy (non-hydrogen) atoms. The monoisotopic (exact) mass is 280 g/mol. The van der Waals surface area contributed by atoms with Crippen molar-refractivity contribution in [3.8, 4) is 0 Å². The van der Waals surface area contributed by atoms with Gasteiger partial charge in [-0.2, -0.15) is 0 Å². The number of hydrogen-bond acceptors (Lipinski definition) is 4. The van der Waals surface area contributed by atoms with Gasteiger partial charge in [0.2, 0.25) is 0 Å². The van der Waals surface area contributed by atoms with Crippen molar-refractivity contribution in [3.63, 3.8) is 0 Å². The molecule has 0 fully saturated rings. The second-order valence-corrected chi connectivity index (χ2v) is 5.05. The summed E-state index contributed by atoms with van der Waals surface area (Å²) in [5.74, 6) is -0.541. The van der Waals surface area contributed by atoms with Crippen molar-refractivity contribution in [1.82, 2.24) is 20.2 Å². The number of carbonyl (C=O) groups is 1. The SMILES string of the molecule is CC(C)(C(=O)O)n1nnnc1Cc1ccccc1Cl. The van der Waals surface area contributed by atoms with Crippen LogP contribution in [0.4, 0.5) is 0 Å². The van der Waals surface area contributed by atoms with Crippen molar-refractivity contribution in [2.24, 2.45) is 0 Å². The number of hydrogen-bond donors (Lipinski definition) is 1. The normalized spacial score (nSPS) is 11.5. The highest BCUT2D eigenvalue weighted by Crippen LogP contribution is 2.21. The largest absolute Gasteiger partial charge is 0.479 e. The van der Waals surface area contributed by atoms with Crippen LogP contribution in [0.15, 0.2) is 24.3 Å². The number of aromatic nitrogens is 4. The summed E-state index contributed by atoms with van der Waals surface area (Å²) in [6.45, 7) is 3.09. The zero-order valence-electron chi connectivity index (χ0n) is 10.5. The van der Waals surface area contributed by atoms with Gasteiger partial charge in [-0.1, -0.05) is 29.8 Å². The van der Waals surface area contributed by atoms with Crippen LogP contribution in [0.3, 0.4) is 0 Å². The maximum Gasteiger partial charge on any atom is 0.331 e. The molecule has 2 rings (SSSR count). The molecule has 1 heterocycles. The first-order chi connectivity index (χ1) is 8.93. The zero-order valence-corrected chi connectivity index (χ0v) is 11.3. The molecule has 0 aliphatic rings. The van der Waals surface area contributed by atoms with Crippen LogP contribution in [0.1, 0.15) is 25.2 Å². The van der Waals surface area contributed by atoms with Gasteiger partial charge in [0.05, 0.1) is 0 Å². The average Bonchev–Trinajstić information content (AvgIpc) is 2.80. The highest BCUT2D eigenvalue weighted by molar-refractivity contribution is 6.31. The van der Waals surface area contributed by atoms with E-state index in [1.807, 2.05) is 18.2 Å². The van der Waals surface area contributed by atoms with Crippen LogP contribution in [0.2, 0.25) is 5.02 Å². The Balaban J connectivity index is 2.36. The van der Waals surface area contributed by atoms with Crippen LogP contribution in [0.5, 0.6) is 0 Å². The van der Waals surface area contributed by atoms with E-state index in [0.717, 1.165) is 5.56 Å². The van der Waals surface area contributed by atoms with Gasteiger partial charge in [-0.05, 0) is 35.9 Å². The lowest BCUT2D eigenvalue weighted by molar-refractivity contribution is -0.146. The second-order valence-electron chi connectivity index (χ2n) is 4.64. The van der Waals surface area contributed by atoms with E-state index in [1.54, 1.807) is 19.9 Å². The van der Waals surface area contributed by atoms with Crippen molar-refractivity contribution in [2.45, 2.75) is 25.8 Å². The van der Waals surface area contributed by atoms with E-state index in [0.29, 0.717) is 17.3 Å². The zero-order chi connectivity index (χ0) is 14.0. The number of carboxylic acid groups (broad SMARTS) is 1. The number of tetrazole rings is 1. The molecule has 100 valence electrons. The number of aliphatic carboxylic acids is 1. The van der Waals surface area contributed by atoms with Crippen molar-refractivity contribution in [2.75, 3.05) is 0 Å². The fraction of sp³-hybridized carbons (Fsp3) is 0.333. The molecule has 7 heteroatoms. The molecule has 1 N–H and O–H groups in total. The topological polar surface area (TPSA) is 80.9 Å². The summed E-state index contributed by atoms with van der Waals surface area (Å²) in [6, 6.07) is 7.32. The summed E-state index contributed by atoms with van der Waals surface area (Å²) in [4.78, 5) is 11.2. The van der Waals surface area contributed by atoms with E-state index in [-0.39, 0.29) is 0 Å². The fourth-order valence-corrected chi connectivity index (χ4v) is 1.86. The Hall–Kier alpha value is -1.95. The third-order valence-electron chi connectivity index (χ3n) is 2.89. The maximum absolute atomic E-state index is 11.2. The molecule has 0 aliphatic heterocycles. The van der Waals surface area contributed by atoms with Crippen molar-refractivity contribution in [1.29, 1.82) is 0 Å². The van der Waals surface area contributed by atoms with E-state index < -0.39 is 11.5 Å². The highest BCUT2D eigenvalue weighted by Gasteiger charge is 2.33. The van der Waals surface area contributed by atoms with Gasteiger partial charge >= 0.3 is 5.97 Å². The molecule has 1 aromatic heterocycles. The van der Waals surface area contributed by atoms with E-state index >= 15 is 0 Å². The van der Waals surface area contributed by atoms with Crippen LogP contribution in [-0.4, -0.2) is 31.3 Å². The van der Waals surface area contributed by atoms with Gasteiger partial charge in [0.15, 0.2) is 11.4 Å². The standard InChI is InChI=1S/C12H13ClN4O2/c1-12(2,11(18)19)17-10(14-15-16-17)7-8-5-3-4-6-9(8)13/h3-6H,7H2,1-2H3,(H,18,19). The van der Waals surface area contributed by atoms with Crippen LogP contribution in [-0.2, 0) is 16.8 Å². The molecule has 0 bridgehead atoms. The van der Waals surface area contributed by atoms with Crippen LogP contribution in [0, 0.1) is 0 Å². The minimum absolute atomic E-state index is 0.378. The molecule has 0 aliphatic carbocycles. The van der Waals surface area contributed by atoms with Gasteiger partial charge < -0.3 is 5.11 Å². The molecule has 2 aromatic rings. The van der Waals surface area contributed by atoms with Crippen molar-refractivity contribution in [3.05, 3.63) is 40.7 Å². The molecule has 0 radical (unpaired) electrons. The molecule has 0 unspecified atom stereocenters. The van der Waals surface area contributed by atoms with Crippen LogP contribution >= 0.6 is 11.6 Å². The lowest BCUT2D eigenvalue weighted by Gasteiger charge is -2.20. The molecule has 1 aromatic carbocycles. The smallest absolute Gasteiger partial charge is 0.331 e. The van der Waals surface area contributed by atoms with Crippen molar-refractivity contribution >= 4 is 17.6 Å². The Morgan fingerprint density at radius 3 is 2.74 bits per heavy atom. The second kappa shape index (κ2) is 4.97. The van der Waals surface area contributed by atoms with E-state index in [2.05, 4.69) is 15.5 Å². The third-order valence-corrected chi connectivity index (χ3v) is 3.26. The molecular formula is C12H13ClN4O2. The van der Waals surface area contributed by atoms with Gasteiger partial charge in [-0.15, -0.1) is 5.10 Å². The summed E-state index contributed by atoms with van der Waals surface area (Å²) < 4.78 is 1.30. The summed E-state index contributed by atoms with van der Waals surface area (Å²) in [5, 5.41) is 21.0. The highest BCUT2D eigenvalue weighted by atomic mass is 35.5. The first-order valence-corrected chi connectivity index (χ1v) is 6.05. The molecule has 0 atom stereocenters. The molecule has 0 saturated heterocycles. The Morgan fingerprint density at radius 2 is 2.11 bits per heavy atom. The minimum Gasteiger partial charge on any atom is -0.479 e. The van der Waals surface area contributed by atoms with E-state index in [1.165, 1.54) is 4.68 Å². The Kier molecular flexibility index (Phi) is 3.53. The van der Waals surface area contributed by atoms with Gasteiger partial charge in [0, 0.05) is 11.4 Å². The Morgan fingerprint density at radius 1 is 1.42 bits per heavy atom. The third kappa shape index (κ3) is 2.58. The first-order valence-electron chi connectivity index (χ1n) is 5.67. The average molecular weight is 281 g/mol. The lowest BCUT2D eigenvalue weighted by atomic mass is 10.1. The predicted octanol–water partition coefficient (Wildman–Crippen LogP) is 1.74. The van der Waals surface area contributed by atoms with E-state index in [4.69, 9.17) is 11.6 Å². The number of benzene rings is 1. The lowest BCUT2D eigenvalue weighted by Crippen LogP contribution is -2.38. The molecule has 0 amide bonds. The van der Waals surface area contributed by atoms with Crippen LogP contribution in [0.25, 0.3) is 0 Å². The van der Waals surface area contributed by atoms with Crippen LogP contribution < -0.4 is 0 Å². The summed E-state index contributed by atoms with van der Waals surface area (Å²) in [7, 11) is 0. The Bertz CT molecular complexity index is 609. The Labute approximate surface area is 115 Å². The van der Waals surface area contributed by atoms with Gasteiger partial charge in [0.1, 0.15) is 0 Å². The number of halogens is 1. The van der Waals surface area contributed by atoms with Gasteiger partial charge in [-0.3, -0.25) is 0 Å². The number of nitrogens with zero attached hydrogens (tertiary/aromatic N) is 4.